The topological polar surface area (TPSA) is 51.0 Å². The van der Waals surface area contributed by atoms with E-state index in [1.165, 1.54) is 25.0 Å². The van der Waals surface area contributed by atoms with Crippen LogP contribution in [-0.4, -0.2) is 28.2 Å². The summed E-state index contributed by atoms with van der Waals surface area (Å²) in [4.78, 5) is 4.42. The lowest BCUT2D eigenvalue weighted by Gasteiger charge is -2.19. The normalized spacial score (nSPS) is 23.2. The summed E-state index contributed by atoms with van der Waals surface area (Å²) in [6.07, 6.45) is 4.94. The van der Waals surface area contributed by atoms with E-state index < -0.39 is 0 Å². The van der Waals surface area contributed by atoms with Crippen LogP contribution in [0.2, 0.25) is 0 Å². The van der Waals surface area contributed by atoms with Gasteiger partial charge >= 0.3 is 0 Å². The van der Waals surface area contributed by atoms with Crippen molar-refractivity contribution in [2.45, 2.75) is 43.9 Å². The maximum Gasteiger partial charge on any atom is 0.243 e. The van der Waals surface area contributed by atoms with Crippen LogP contribution >= 0.6 is 11.8 Å². The van der Waals surface area contributed by atoms with Gasteiger partial charge in [-0.15, -0.1) is 0 Å². The number of rotatable bonds is 4. The van der Waals surface area contributed by atoms with Crippen LogP contribution in [0.15, 0.2) is 4.52 Å². The van der Waals surface area contributed by atoms with Crippen molar-refractivity contribution in [2.24, 2.45) is 0 Å². The largest absolute Gasteiger partial charge is 0.338 e. The van der Waals surface area contributed by atoms with E-state index in [0.717, 1.165) is 12.2 Å². The van der Waals surface area contributed by atoms with E-state index in [4.69, 9.17) is 4.52 Å². The zero-order valence-electron chi connectivity index (χ0n) is 9.90. The highest BCUT2D eigenvalue weighted by molar-refractivity contribution is 7.99. The van der Waals surface area contributed by atoms with Gasteiger partial charge < -0.3 is 9.84 Å². The first kappa shape index (κ1) is 11.9. The minimum absolute atomic E-state index is 0.139. The minimum Gasteiger partial charge on any atom is -0.338 e. The van der Waals surface area contributed by atoms with Gasteiger partial charge in [0.2, 0.25) is 5.89 Å². The predicted molar refractivity (Wildman–Crippen MR) is 65.6 cm³/mol. The quantitative estimate of drug-likeness (QED) is 0.875. The molecule has 90 valence electrons. The molecule has 1 aliphatic heterocycles. The van der Waals surface area contributed by atoms with Crippen molar-refractivity contribution >= 4 is 11.8 Å². The Labute approximate surface area is 101 Å². The minimum atomic E-state index is 0.139. The smallest absolute Gasteiger partial charge is 0.243 e. The molecule has 2 rings (SSSR count). The molecule has 16 heavy (non-hydrogen) atoms. The predicted octanol–water partition coefficient (Wildman–Crippen LogP) is 2.18. The van der Waals surface area contributed by atoms with E-state index in [9.17, 15) is 0 Å². The first-order valence-corrected chi connectivity index (χ1v) is 6.96. The number of nitrogens with zero attached hydrogens (tertiary/aromatic N) is 2. The maximum atomic E-state index is 5.23. The summed E-state index contributed by atoms with van der Waals surface area (Å²) in [6.45, 7) is 2.02. The summed E-state index contributed by atoms with van der Waals surface area (Å²) in [5, 5.41) is 7.82. The Morgan fingerprint density at radius 1 is 1.56 bits per heavy atom. The Morgan fingerprint density at radius 2 is 2.44 bits per heavy atom. The highest BCUT2D eigenvalue weighted by Gasteiger charge is 2.18. The second-order valence-corrected chi connectivity index (χ2v) is 5.66. The summed E-state index contributed by atoms with van der Waals surface area (Å²) >= 11 is 2.04. The second kappa shape index (κ2) is 5.68. The second-order valence-electron chi connectivity index (χ2n) is 4.25. The van der Waals surface area contributed by atoms with Crippen LogP contribution in [0.4, 0.5) is 0 Å². The van der Waals surface area contributed by atoms with E-state index in [2.05, 4.69) is 15.5 Å². The van der Waals surface area contributed by atoms with E-state index in [1.54, 1.807) is 0 Å². The van der Waals surface area contributed by atoms with Crippen LogP contribution in [0.5, 0.6) is 0 Å². The molecule has 0 saturated carbocycles. The van der Waals surface area contributed by atoms with Crippen LogP contribution in [0.3, 0.4) is 0 Å². The van der Waals surface area contributed by atoms with Gasteiger partial charge in [-0.3, -0.25) is 0 Å². The van der Waals surface area contributed by atoms with Gasteiger partial charge in [0, 0.05) is 11.7 Å². The molecule has 0 amide bonds. The van der Waals surface area contributed by atoms with Crippen molar-refractivity contribution in [3.63, 3.8) is 0 Å². The molecular formula is C11H19N3OS. The Kier molecular flexibility index (Phi) is 4.23. The van der Waals surface area contributed by atoms with Crippen molar-refractivity contribution in [3.8, 4) is 0 Å². The van der Waals surface area contributed by atoms with Gasteiger partial charge in [-0.2, -0.15) is 16.7 Å². The first-order chi connectivity index (χ1) is 7.79. The van der Waals surface area contributed by atoms with Crippen molar-refractivity contribution in [1.82, 2.24) is 15.5 Å². The van der Waals surface area contributed by atoms with Gasteiger partial charge in [0.1, 0.15) is 0 Å². The van der Waals surface area contributed by atoms with E-state index in [-0.39, 0.29) is 6.04 Å². The molecule has 0 aromatic carbocycles. The Bertz CT molecular complexity index is 323. The van der Waals surface area contributed by atoms with Crippen molar-refractivity contribution in [2.75, 3.05) is 12.8 Å². The van der Waals surface area contributed by atoms with Gasteiger partial charge in [-0.1, -0.05) is 11.6 Å². The molecule has 0 bridgehead atoms. The first-order valence-electron chi connectivity index (χ1n) is 5.91. The fraction of sp³-hybridized carbons (Fsp3) is 0.818. The highest BCUT2D eigenvalue weighted by atomic mass is 32.2. The van der Waals surface area contributed by atoms with E-state index in [0.29, 0.717) is 11.1 Å². The highest BCUT2D eigenvalue weighted by Crippen LogP contribution is 2.27. The third-order valence-corrected chi connectivity index (χ3v) is 4.37. The molecule has 1 aromatic rings. The number of aromatic nitrogens is 2. The standard InChI is InChI=1S/C11H19N3OS/c1-8(12-2)11-13-10(14-15-11)7-9-5-3-4-6-16-9/h8-9,12H,3-7H2,1-2H3. The molecule has 0 radical (unpaired) electrons. The van der Waals surface area contributed by atoms with Crippen molar-refractivity contribution in [3.05, 3.63) is 11.7 Å². The van der Waals surface area contributed by atoms with E-state index in [1.807, 2.05) is 25.7 Å². The summed E-state index contributed by atoms with van der Waals surface area (Å²) < 4.78 is 5.23. The number of nitrogens with one attached hydrogen (secondary N) is 1. The van der Waals surface area contributed by atoms with E-state index >= 15 is 0 Å². The van der Waals surface area contributed by atoms with Crippen LogP contribution < -0.4 is 5.32 Å². The fourth-order valence-electron chi connectivity index (χ4n) is 1.82. The molecule has 2 unspecified atom stereocenters. The van der Waals surface area contributed by atoms with Crippen LogP contribution in [0.25, 0.3) is 0 Å². The molecule has 2 atom stereocenters. The van der Waals surface area contributed by atoms with Crippen molar-refractivity contribution in [1.29, 1.82) is 0 Å². The third-order valence-electron chi connectivity index (χ3n) is 2.97. The molecule has 0 spiro atoms. The monoisotopic (exact) mass is 241 g/mol. The summed E-state index contributed by atoms with van der Waals surface area (Å²) in [5.74, 6) is 2.83. The van der Waals surface area contributed by atoms with Crippen LogP contribution in [0, 0.1) is 0 Å². The lowest BCUT2D eigenvalue weighted by molar-refractivity contribution is 0.343. The summed E-state index contributed by atoms with van der Waals surface area (Å²) in [5.41, 5.74) is 0. The van der Waals surface area contributed by atoms with Gasteiger partial charge in [-0.25, -0.2) is 0 Å². The van der Waals surface area contributed by atoms with Gasteiger partial charge in [0.25, 0.3) is 0 Å². The lowest BCUT2D eigenvalue weighted by Crippen LogP contribution is -2.14. The molecule has 2 heterocycles. The number of thioether (sulfide) groups is 1. The Morgan fingerprint density at radius 3 is 3.12 bits per heavy atom. The van der Waals surface area contributed by atoms with Crippen LogP contribution in [0.1, 0.15) is 43.9 Å². The lowest BCUT2D eigenvalue weighted by atomic mass is 10.1. The van der Waals surface area contributed by atoms with Gasteiger partial charge in [0.05, 0.1) is 6.04 Å². The average Bonchev–Trinajstić information content (AvgIpc) is 2.78. The zero-order valence-corrected chi connectivity index (χ0v) is 10.7. The van der Waals surface area contributed by atoms with Gasteiger partial charge in [-0.05, 0) is 32.6 Å². The molecule has 1 aromatic heterocycles. The molecule has 1 aliphatic rings. The molecule has 1 fully saturated rings. The maximum absolute atomic E-state index is 5.23. The third kappa shape index (κ3) is 2.98. The number of hydrogen-bond donors (Lipinski definition) is 1. The SMILES string of the molecule is CNC(C)c1nc(CC2CCCCS2)no1. The average molecular weight is 241 g/mol. The fourth-order valence-corrected chi connectivity index (χ4v) is 3.13. The molecule has 0 aliphatic carbocycles. The Balaban J connectivity index is 1.91. The summed E-state index contributed by atoms with van der Waals surface area (Å²) in [6, 6.07) is 0.139. The molecule has 4 nitrogen and oxygen atoms in total. The molecule has 5 heteroatoms. The molecule has 1 N–H and O–H groups in total. The molecule has 1 saturated heterocycles. The summed E-state index contributed by atoms with van der Waals surface area (Å²) in [7, 11) is 1.89. The van der Waals surface area contributed by atoms with Gasteiger partial charge in [0.15, 0.2) is 5.82 Å². The number of hydrogen-bond acceptors (Lipinski definition) is 5. The van der Waals surface area contributed by atoms with Crippen LogP contribution in [-0.2, 0) is 6.42 Å². The zero-order chi connectivity index (χ0) is 11.4. The Hall–Kier alpha value is -0.550. The van der Waals surface area contributed by atoms with Crippen molar-refractivity contribution < 1.29 is 4.52 Å². The molecular weight excluding hydrogens is 222 g/mol.